The molecule has 0 radical (unpaired) electrons. The molecule has 5 heteroatoms. The van der Waals surface area contributed by atoms with Crippen molar-refractivity contribution in [3.63, 3.8) is 0 Å². The van der Waals surface area contributed by atoms with Gasteiger partial charge in [-0.05, 0) is 60.9 Å². The summed E-state index contributed by atoms with van der Waals surface area (Å²) < 4.78 is 5.47. The fraction of sp³-hybridized carbons (Fsp3) is 0.312. The molecule has 2 aromatic rings. The predicted molar refractivity (Wildman–Crippen MR) is 84.5 cm³/mol. The number of hydrogen-bond donors (Lipinski definition) is 2. The smallest absolute Gasteiger partial charge is 0.287 e. The van der Waals surface area contributed by atoms with Crippen LogP contribution in [0.1, 0.15) is 40.6 Å². The van der Waals surface area contributed by atoms with Gasteiger partial charge < -0.3 is 15.5 Å². The summed E-state index contributed by atoms with van der Waals surface area (Å²) in [4.78, 5) is 12.3. The van der Waals surface area contributed by atoms with E-state index >= 15 is 0 Å². The van der Waals surface area contributed by atoms with Gasteiger partial charge in [0.2, 0.25) is 0 Å². The van der Waals surface area contributed by atoms with Gasteiger partial charge in [0.1, 0.15) is 0 Å². The molecule has 0 saturated heterocycles. The fourth-order valence-corrected chi connectivity index (χ4v) is 3.14. The normalized spacial score (nSPS) is 17.3. The molecule has 1 aliphatic rings. The van der Waals surface area contributed by atoms with Gasteiger partial charge in [-0.1, -0.05) is 17.8 Å². The van der Waals surface area contributed by atoms with Crippen LogP contribution in [0.15, 0.2) is 39.8 Å². The molecule has 110 valence electrons. The summed E-state index contributed by atoms with van der Waals surface area (Å²) in [6.07, 6.45) is 4.93. The molecule has 1 unspecified atom stereocenters. The van der Waals surface area contributed by atoms with E-state index in [1.54, 1.807) is 6.07 Å². The number of thioether (sulfide) groups is 1. The Bertz CT molecular complexity index is 666. The molecule has 1 heterocycles. The highest BCUT2D eigenvalue weighted by molar-refractivity contribution is 7.98. The van der Waals surface area contributed by atoms with Crippen molar-refractivity contribution in [2.75, 3.05) is 12.0 Å². The minimum Gasteiger partial charge on any atom is -0.445 e. The highest BCUT2D eigenvalue weighted by Gasteiger charge is 2.23. The summed E-state index contributed by atoms with van der Waals surface area (Å²) in [7, 11) is 0. The van der Waals surface area contributed by atoms with E-state index in [9.17, 15) is 4.79 Å². The molecular weight excluding hydrogens is 284 g/mol. The van der Waals surface area contributed by atoms with Crippen LogP contribution in [-0.2, 0) is 6.42 Å². The van der Waals surface area contributed by atoms with Gasteiger partial charge in [-0.25, -0.2) is 0 Å². The van der Waals surface area contributed by atoms with E-state index in [0.29, 0.717) is 5.76 Å². The minimum atomic E-state index is -0.162. The first-order chi connectivity index (χ1) is 10.2. The molecule has 0 aliphatic heterocycles. The number of benzene rings is 1. The third-order valence-corrected chi connectivity index (χ3v) is 4.41. The van der Waals surface area contributed by atoms with Crippen molar-refractivity contribution in [3.05, 3.63) is 47.2 Å². The van der Waals surface area contributed by atoms with Crippen LogP contribution in [0.2, 0.25) is 0 Å². The van der Waals surface area contributed by atoms with Crippen molar-refractivity contribution in [3.8, 4) is 0 Å². The fourth-order valence-electron chi connectivity index (χ4n) is 2.77. The zero-order valence-corrected chi connectivity index (χ0v) is 12.7. The van der Waals surface area contributed by atoms with Crippen molar-refractivity contribution in [2.45, 2.75) is 30.4 Å². The van der Waals surface area contributed by atoms with E-state index in [1.165, 1.54) is 22.9 Å². The third kappa shape index (κ3) is 2.93. The first-order valence-electron chi connectivity index (χ1n) is 7.00. The van der Waals surface area contributed by atoms with Crippen LogP contribution in [0.25, 0.3) is 0 Å². The zero-order chi connectivity index (χ0) is 14.8. The lowest BCUT2D eigenvalue weighted by molar-refractivity contribution is 0.0899. The number of nitrogen functional groups attached to an aromatic ring is 1. The quantitative estimate of drug-likeness (QED) is 0.673. The van der Waals surface area contributed by atoms with E-state index in [0.717, 1.165) is 30.0 Å². The Balaban J connectivity index is 1.78. The Morgan fingerprint density at radius 1 is 1.38 bits per heavy atom. The Labute approximate surface area is 128 Å². The summed E-state index contributed by atoms with van der Waals surface area (Å²) in [5, 5.41) is 3.81. The summed E-state index contributed by atoms with van der Waals surface area (Å²) >= 11 is 1.48. The number of nitrogens with two attached hydrogens (primary N) is 1. The maximum absolute atomic E-state index is 12.3. The molecule has 3 N–H and O–H groups in total. The van der Waals surface area contributed by atoms with Gasteiger partial charge in [0.15, 0.2) is 10.9 Å². The van der Waals surface area contributed by atoms with E-state index in [2.05, 4.69) is 5.32 Å². The van der Waals surface area contributed by atoms with Crippen LogP contribution in [-0.4, -0.2) is 12.2 Å². The molecule has 0 bridgehead atoms. The van der Waals surface area contributed by atoms with E-state index in [4.69, 9.17) is 10.2 Å². The summed E-state index contributed by atoms with van der Waals surface area (Å²) in [6.45, 7) is 0. The average molecular weight is 302 g/mol. The number of nitrogens with one attached hydrogen (secondary N) is 1. The lowest BCUT2D eigenvalue weighted by atomic mass is 9.87. The first-order valence-corrected chi connectivity index (χ1v) is 8.23. The van der Waals surface area contributed by atoms with Gasteiger partial charge in [-0.3, -0.25) is 4.79 Å². The van der Waals surface area contributed by atoms with Crippen LogP contribution >= 0.6 is 11.8 Å². The molecule has 3 rings (SSSR count). The second-order valence-corrected chi connectivity index (χ2v) is 6.01. The zero-order valence-electron chi connectivity index (χ0n) is 11.9. The summed E-state index contributed by atoms with van der Waals surface area (Å²) in [5.41, 5.74) is 9.01. The van der Waals surface area contributed by atoms with Crippen LogP contribution in [0, 0.1) is 0 Å². The molecule has 0 spiro atoms. The molecule has 1 aromatic heterocycles. The Hall–Kier alpha value is -1.88. The highest BCUT2D eigenvalue weighted by atomic mass is 32.2. The molecule has 1 amide bonds. The Morgan fingerprint density at radius 3 is 3.00 bits per heavy atom. The average Bonchev–Trinajstić information content (AvgIpc) is 2.96. The molecular formula is C16H18N2O2S. The Kier molecular flexibility index (Phi) is 3.92. The highest BCUT2D eigenvalue weighted by Crippen LogP contribution is 2.31. The van der Waals surface area contributed by atoms with Crippen molar-refractivity contribution < 1.29 is 9.21 Å². The minimum absolute atomic E-state index is 0.0321. The molecule has 0 saturated carbocycles. The maximum atomic E-state index is 12.3. The Morgan fingerprint density at radius 2 is 2.24 bits per heavy atom. The number of furan rings is 1. The monoisotopic (exact) mass is 302 g/mol. The van der Waals surface area contributed by atoms with Crippen molar-refractivity contribution in [2.24, 2.45) is 0 Å². The second kappa shape index (κ2) is 5.85. The third-order valence-electron chi connectivity index (χ3n) is 3.79. The van der Waals surface area contributed by atoms with Gasteiger partial charge in [-0.2, -0.15) is 0 Å². The van der Waals surface area contributed by atoms with Crippen LogP contribution in [0.4, 0.5) is 5.69 Å². The lowest BCUT2D eigenvalue weighted by Crippen LogP contribution is -2.30. The number of carbonyl (C=O) groups excluding carboxylic acids is 1. The molecule has 1 aliphatic carbocycles. The van der Waals surface area contributed by atoms with Gasteiger partial charge in [0.05, 0.1) is 6.04 Å². The number of fused-ring (bicyclic) bond motifs is 1. The molecule has 21 heavy (non-hydrogen) atoms. The van der Waals surface area contributed by atoms with Crippen LogP contribution in [0.5, 0.6) is 0 Å². The number of amides is 1. The molecule has 4 nitrogen and oxygen atoms in total. The van der Waals surface area contributed by atoms with Crippen LogP contribution < -0.4 is 11.1 Å². The van der Waals surface area contributed by atoms with Crippen LogP contribution in [0.3, 0.4) is 0 Å². The molecule has 0 fully saturated rings. The van der Waals surface area contributed by atoms with Crippen molar-refractivity contribution in [1.82, 2.24) is 5.32 Å². The SMILES string of the molecule is CSc1ccc(C(=O)NC2CCCc3cc(N)ccc32)o1. The van der Waals surface area contributed by atoms with Crippen molar-refractivity contribution in [1.29, 1.82) is 0 Å². The lowest BCUT2D eigenvalue weighted by Gasteiger charge is -2.26. The summed E-state index contributed by atoms with van der Waals surface area (Å²) in [6, 6.07) is 9.48. The standard InChI is InChI=1S/C16H18N2O2S/c1-21-15-8-7-14(20-15)16(19)18-13-4-2-3-10-9-11(17)5-6-12(10)13/h5-9,13H,2-4,17H2,1H3,(H,18,19). The maximum Gasteiger partial charge on any atom is 0.287 e. The predicted octanol–water partition coefficient (Wildman–Crippen LogP) is 3.39. The number of aryl methyl sites for hydroxylation is 1. The van der Waals surface area contributed by atoms with Gasteiger partial charge >= 0.3 is 0 Å². The van der Waals surface area contributed by atoms with E-state index in [1.807, 2.05) is 30.5 Å². The number of anilines is 1. The summed E-state index contributed by atoms with van der Waals surface area (Å²) in [5.74, 6) is 0.201. The molecule has 1 aromatic carbocycles. The number of hydrogen-bond acceptors (Lipinski definition) is 4. The number of carbonyl (C=O) groups is 1. The van der Waals surface area contributed by atoms with E-state index in [-0.39, 0.29) is 11.9 Å². The van der Waals surface area contributed by atoms with Crippen molar-refractivity contribution >= 4 is 23.4 Å². The van der Waals surface area contributed by atoms with Gasteiger partial charge in [0.25, 0.3) is 5.91 Å². The van der Waals surface area contributed by atoms with Gasteiger partial charge in [-0.15, -0.1) is 0 Å². The van der Waals surface area contributed by atoms with Gasteiger partial charge in [0, 0.05) is 5.69 Å². The number of rotatable bonds is 3. The topological polar surface area (TPSA) is 68.3 Å². The largest absolute Gasteiger partial charge is 0.445 e. The second-order valence-electron chi connectivity index (χ2n) is 5.20. The first kappa shape index (κ1) is 14.1. The molecule has 1 atom stereocenters. The van der Waals surface area contributed by atoms with E-state index < -0.39 is 0 Å².